The Hall–Kier alpha value is -2.54. The van der Waals surface area contributed by atoms with Crippen LogP contribution in [0.3, 0.4) is 0 Å². The zero-order valence-electron chi connectivity index (χ0n) is 16.0. The van der Waals surface area contributed by atoms with E-state index >= 15 is 0 Å². The first-order valence-corrected chi connectivity index (χ1v) is 11.1. The zero-order valence-corrected chi connectivity index (χ0v) is 17.6. The fourth-order valence-corrected chi connectivity index (χ4v) is 4.02. The second kappa shape index (κ2) is 9.78. The molecule has 29 heavy (non-hydrogen) atoms. The topological polar surface area (TPSA) is 67.4 Å². The van der Waals surface area contributed by atoms with Gasteiger partial charge in [-0.2, -0.15) is 0 Å². The van der Waals surface area contributed by atoms with Gasteiger partial charge in [0.1, 0.15) is 5.75 Å². The first kappa shape index (κ1) is 21.2. The van der Waals surface area contributed by atoms with Crippen LogP contribution in [0.5, 0.6) is 5.75 Å². The summed E-state index contributed by atoms with van der Waals surface area (Å²) >= 11 is 5.86. The number of nitrogens with one attached hydrogen (secondary N) is 2. The second-order valence-corrected chi connectivity index (χ2v) is 8.57. The number of anilines is 1. The number of hydrogen-bond donors (Lipinski definition) is 2. The van der Waals surface area contributed by atoms with Crippen LogP contribution in [0.1, 0.15) is 18.5 Å². The molecule has 3 aromatic rings. The number of ether oxygens (including phenoxy) is 1. The minimum Gasteiger partial charge on any atom is -0.494 e. The van der Waals surface area contributed by atoms with Crippen molar-refractivity contribution < 1.29 is 13.2 Å². The van der Waals surface area contributed by atoms with E-state index in [9.17, 15) is 8.42 Å². The minimum atomic E-state index is -3.66. The van der Waals surface area contributed by atoms with Gasteiger partial charge in [-0.3, -0.25) is 0 Å². The van der Waals surface area contributed by atoms with Crippen molar-refractivity contribution in [1.29, 1.82) is 0 Å². The molecule has 0 amide bonds. The molecule has 7 heteroatoms. The van der Waals surface area contributed by atoms with Crippen molar-refractivity contribution in [3.63, 3.8) is 0 Å². The summed E-state index contributed by atoms with van der Waals surface area (Å²) in [6, 6.07) is 23.1. The van der Waals surface area contributed by atoms with Gasteiger partial charge in [0.05, 0.1) is 17.5 Å². The van der Waals surface area contributed by atoms with Crippen molar-refractivity contribution in [3.8, 4) is 5.75 Å². The Morgan fingerprint density at radius 3 is 2.21 bits per heavy atom. The van der Waals surface area contributed by atoms with Gasteiger partial charge in [-0.05, 0) is 61.0 Å². The molecule has 0 bridgehead atoms. The average molecular weight is 431 g/mol. The predicted molar refractivity (Wildman–Crippen MR) is 117 cm³/mol. The van der Waals surface area contributed by atoms with E-state index in [1.54, 1.807) is 12.1 Å². The summed E-state index contributed by atoms with van der Waals surface area (Å²) in [5.74, 6) is 0.790. The molecular formula is C22H23ClN2O3S. The molecule has 3 rings (SSSR count). The van der Waals surface area contributed by atoms with Crippen LogP contribution < -0.4 is 14.8 Å². The van der Waals surface area contributed by atoms with Gasteiger partial charge in [-0.25, -0.2) is 13.1 Å². The van der Waals surface area contributed by atoms with Crippen LogP contribution in [0.2, 0.25) is 5.02 Å². The Balaban J connectivity index is 1.76. The lowest BCUT2D eigenvalue weighted by Gasteiger charge is -2.21. The van der Waals surface area contributed by atoms with Crippen LogP contribution in [0, 0.1) is 0 Å². The summed E-state index contributed by atoms with van der Waals surface area (Å²) in [5.41, 5.74) is 1.84. The third kappa shape index (κ3) is 5.97. The van der Waals surface area contributed by atoms with E-state index in [0.717, 1.165) is 17.0 Å². The Morgan fingerprint density at radius 2 is 1.59 bits per heavy atom. The van der Waals surface area contributed by atoms with Crippen LogP contribution in [0.25, 0.3) is 0 Å². The molecule has 5 nitrogen and oxygen atoms in total. The summed E-state index contributed by atoms with van der Waals surface area (Å²) in [4.78, 5) is 0.176. The smallest absolute Gasteiger partial charge is 0.240 e. The SMILES string of the molecule is CCOc1ccc(N[C@@H](CNS(=O)(=O)c2ccc(Cl)cc2)c2ccccc2)cc1. The van der Waals surface area contributed by atoms with E-state index in [2.05, 4.69) is 10.0 Å². The van der Waals surface area contributed by atoms with Crippen molar-refractivity contribution in [2.75, 3.05) is 18.5 Å². The van der Waals surface area contributed by atoms with E-state index in [4.69, 9.17) is 16.3 Å². The quantitative estimate of drug-likeness (QED) is 0.508. The van der Waals surface area contributed by atoms with Crippen LogP contribution in [0.15, 0.2) is 83.8 Å². The Kier molecular flexibility index (Phi) is 7.14. The van der Waals surface area contributed by atoms with Crippen molar-refractivity contribution >= 4 is 27.3 Å². The Labute approximate surface area is 176 Å². The van der Waals surface area contributed by atoms with Crippen molar-refractivity contribution in [2.24, 2.45) is 0 Å². The second-order valence-electron chi connectivity index (χ2n) is 6.37. The van der Waals surface area contributed by atoms with E-state index in [0.29, 0.717) is 11.6 Å². The van der Waals surface area contributed by atoms with Crippen LogP contribution in [-0.2, 0) is 10.0 Å². The maximum atomic E-state index is 12.6. The summed E-state index contributed by atoms with van der Waals surface area (Å²) in [6.07, 6.45) is 0. The highest BCUT2D eigenvalue weighted by atomic mass is 35.5. The highest BCUT2D eigenvalue weighted by Gasteiger charge is 2.18. The van der Waals surface area contributed by atoms with Crippen LogP contribution >= 0.6 is 11.6 Å². The summed E-state index contributed by atoms with van der Waals surface area (Å²) in [6.45, 7) is 2.72. The summed E-state index contributed by atoms with van der Waals surface area (Å²) in [5, 5.41) is 3.88. The third-order valence-corrected chi connectivity index (χ3v) is 6.00. The zero-order chi connectivity index (χ0) is 20.7. The van der Waals surface area contributed by atoms with E-state index in [-0.39, 0.29) is 17.5 Å². The highest BCUT2D eigenvalue weighted by Crippen LogP contribution is 2.22. The molecule has 0 aromatic heterocycles. The molecule has 152 valence electrons. The van der Waals surface area contributed by atoms with E-state index in [1.165, 1.54) is 12.1 Å². The predicted octanol–water partition coefficient (Wildman–Crippen LogP) is 4.87. The molecule has 1 atom stereocenters. The molecule has 0 saturated carbocycles. The van der Waals surface area contributed by atoms with Crippen LogP contribution in [0.4, 0.5) is 5.69 Å². The van der Waals surface area contributed by atoms with Gasteiger partial charge in [0, 0.05) is 17.3 Å². The number of rotatable bonds is 9. The fraction of sp³-hybridized carbons (Fsp3) is 0.182. The fourth-order valence-electron chi connectivity index (χ4n) is 2.84. The highest BCUT2D eigenvalue weighted by molar-refractivity contribution is 7.89. The molecule has 0 saturated heterocycles. The first-order chi connectivity index (χ1) is 14.0. The van der Waals surface area contributed by atoms with Crippen molar-refractivity contribution in [3.05, 3.63) is 89.4 Å². The van der Waals surface area contributed by atoms with Gasteiger partial charge in [0.25, 0.3) is 0 Å². The molecule has 0 radical (unpaired) electrons. The molecule has 0 aliphatic heterocycles. The third-order valence-electron chi connectivity index (χ3n) is 4.31. The molecule has 3 aromatic carbocycles. The molecule has 0 aliphatic rings. The van der Waals surface area contributed by atoms with Gasteiger partial charge >= 0.3 is 0 Å². The number of sulfonamides is 1. The molecule has 0 unspecified atom stereocenters. The molecule has 0 heterocycles. The molecule has 0 fully saturated rings. The summed E-state index contributed by atoms with van der Waals surface area (Å²) < 4.78 is 33.5. The molecule has 0 aliphatic carbocycles. The van der Waals surface area contributed by atoms with Crippen molar-refractivity contribution in [1.82, 2.24) is 4.72 Å². The Morgan fingerprint density at radius 1 is 0.931 bits per heavy atom. The number of halogens is 1. The minimum absolute atomic E-state index is 0.176. The number of hydrogen-bond acceptors (Lipinski definition) is 4. The number of benzene rings is 3. The van der Waals surface area contributed by atoms with Gasteiger partial charge in [0.15, 0.2) is 0 Å². The monoisotopic (exact) mass is 430 g/mol. The van der Waals surface area contributed by atoms with Gasteiger partial charge in [-0.1, -0.05) is 41.9 Å². The van der Waals surface area contributed by atoms with Gasteiger partial charge in [-0.15, -0.1) is 0 Å². The van der Waals surface area contributed by atoms with Gasteiger partial charge in [0.2, 0.25) is 10.0 Å². The first-order valence-electron chi connectivity index (χ1n) is 9.27. The van der Waals surface area contributed by atoms with Crippen LogP contribution in [-0.4, -0.2) is 21.6 Å². The lowest BCUT2D eigenvalue weighted by atomic mass is 10.1. The van der Waals surface area contributed by atoms with Gasteiger partial charge < -0.3 is 10.1 Å². The lowest BCUT2D eigenvalue weighted by Crippen LogP contribution is -2.31. The largest absolute Gasteiger partial charge is 0.494 e. The van der Waals surface area contributed by atoms with Crippen molar-refractivity contribution in [2.45, 2.75) is 17.9 Å². The maximum Gasteiger partial charge on any atom is 0.240 e. The molecule has 2 N–H and O–H groups in total. The normalized spacial score (nSPS) is 12.3. The molecule has 0 spiro atoms. The molecular weight excluding hydrogens is 408 g/mol. The lowest BCUT2D eigenvalue weighted by molar-refractivity contribution is 0.340. The summed E-state index contributed by atoms with van der Waals surface area (Å²) in [7, 11) is -3.66. The van der Waals surface area contributed by atoms with E-state index < -0.39 is 10.0 Å². The Bertz CT molecular complexity index is 1010. The van der Waals surface area contributed by atoms with E-state index in [1.807, 2.05) is 61.5 Å². The maximum absolute atomic E-state index is 12.6. The average Bonchev–Trinajstić information content (AvgIpc) is 2.73. The standard InChI is InChI=1S/C22H23ClN2O3S/c1-2-28-20-12-10-19(11-13-20)25-22(17-6-4-3-5-7-17)16-24-29(26,27)21-14-8-18(23)9-15-21/h3-15,22,24-25H,2,16H2,1H3/t22-/m0/s1.